The van der Waals surface area contributed by atoms with Crippen LogP contribution in [0.1, 0.15) is 64.2 Å². The summed E-state index contributed by atoms with van der Waals surface area (Å²) in [4.78, 5) is 39.1. The minimum absolute atomic E-state index is 0.0140. The number of imide groups is 1. The van der Waals surface area contributed by atoms with Crippen LogP contribution in [0.2, 0.25) is 0 Å². The Morgan fingerprint density at radius 3 is 2.13 bits per heavy atom. The van der Waals surface area contributed by atoms with Gasteiger partial charge in [0.1, 0.15) is 12.1 Å². The first-order valence-electron chi connectivity index (χ1n) is 10.6. The van der Waals surface area contributed by atoms with Crippen LogP contribution in [0.15, 0.2) is 48.5 Å². The highest BCUT2D eigenvalue weighted by atomic mass is 16.2. The molecule has 2 N–H and O–H groups in total. The van der Waals surface area contributed by atoms with Gasteiger partial charge in [0, 0.05) is 5.69 Å². The standard InChI is InChI=1S/C25H31N3O3/c1-16(2)17-7-13-20(14-8-17)26-21(29)15-28-22(30)25(6,27-23(28)31)19-11-9-18(10-12-19)24(3,4)5/h7-14,16H,15H2,1-6H3,(H,26,29)(H,27,31)/t25-/m1/s1. The van der Waals surface area contributed by atoms with Gasteiger partial charge in [0.05, 0.1) is 0 Å². The number of nitrogens with one attached hydrogen (secondary N) is 2. The third kappa shape index (κ3) is 4.63. The molecule has 2 aromatic carbocycles. The van der Waals surface area contributed by atoms with E-state index >= 15 is 0 Å². The molecule has 6 heteroatoms. The van der Waals surface area contributed by atoms with E-state index < -0.39 is 23.4 Å². The van der Waals surface area contributed by atoms with Crippen molar-refractivity contribution in [2.45, 2.75) is 58.4 Å². The third-order valence-electron chi connectivity index (χ3n) is 5.77. The lowest BCUT2D eigenvalue weighted by Gasteiger charge is -2.24. The SMILES string of the molecule is CC(C)c1ccc(NC(=O)CN2C(=O)N[C@](C)(c3ccc(C(C)(C)C)cc3)C2=O)cc1. The monoisotopic (exact) mass is 421 g/mol. The molecular weight excluding hydrogens is 390 g/mol. The maximum absolute atomic E-state index is 13.1. The molecule has 1 atom stereocenters. The molecule has 1 aliphatic rings. The van der Waals surface area contributed by atoms with Gasteiger partial charge in [-0.05, 0) is 47.1 Å². The molecule has 0 aromatic heterocycles. The van der Waals surface area contributed by atoms with Crippen molar-refractivity contribution in [2.24, 2.45) is 0 Å². The van der Waals surface area contributed by atoms with E-state index in [2.05, 4.69) is 45.3 Å². The first-order valence-corrected chi connectivity index (χ1v) is 10.6. The number of hydrogen-bond acceptors (Lipinski definition) is 3. The number of nitrogens with zero attached hydrogens (tertiary/aromatic N) is 1. The van der Waals surface area contributed by atoms with Crippen molar-refractivity contribution in [3.8, 4) is 0 Å². The molecule has 0 bridgehead atoms. The largest absolute Gasteiger partial charge is 0.325 e. The van der Waals surface area contributed by atoms with Crippen molar-refractivity contribution in [3.63, 3.8) is 0 Å². The van der Waals surface area contributed by atoms with Crippen molar-refractivity contribution in [1.29, 1.82) is 0 Å². The molecule has 4 amide bonds. The summed E-state index contributed by atoms with van der Waals surface area (Å²) in [6.45, 7) is 11.9. The first kappa shape index (κ1) is 22.5. The second kappa shape index (κ2) is 8.17. The summed E-state index contributed by atoms with van der Waals surface area (Å²) in [7, 11) is 0. The number of carbonyl (C=O) groups is 3. The summed E-state index contributed by atoms with van der Waals surface area (Å²) in [5.41, 5.74) is 2.40. The maximum Gasteiger partial charge on any atom is 0.325 e. The predicted octanol–water partition coefficient (Wildman–Crippen LogP) is 4.51. The summed E-state index contributed by atoms with van der Waals surface area (Å²) >= 11 is 0. The van der Waals surface area contributed by atoms with Crippen molar-refractivity contribution in [1.82, 2.24) is 10.2 Å². The van der Waals surface area contributed by atoms with Gasteiger partial charge >= 0.3 is 6.03 Å². The fourth-order valence-electron chi connectivity index (χ4n) is 3.64. The number of benzene rings is 2. The molecule has 0 spiro atoms. The van der Waals surface area contributed by atoms with Gasteiger partial charge in [-0.15, -0.1) is 0 Å². The van der Waals surface area contributed by atoms with Crippen molar-refractivity contribution in [3.05, 3.63) is 65.2 Å². The fourth-order valence-corrected chi connectivity index (χ4v) is 3.64. The molecule has 0 radical (unpaired) electrons. The van der Waals surface area contributed by atoms with Crippen molar-refractivity contribution in [2.75, 3.05) is 11.9 Å². The van der Waals surface area contributed by atoms with Crippen LogP contribution in [0.25, 0.3) is 0 Å². The number of urea groups is 1. The van der Waals surface area contributed by atoms with E-state index in [1.54, 1.807) is 6.92 Å². The number of anilines is 1. The summed E-state index contributed by atoms with van der Waals surface area (Å²) in [6.07, 6.45) is 0. The molecule has 0 aliphatic carbocycles. The van der Waals surface area contributed by atoms with Gasteiger partial charge in [-0.3, -0.25) is 14.5 Å². The number of carbonyl (C=O) groups excluding carboxylic acids is 3. The van der Waals surface area contributed by atoms with Gasteiger partial charge in [-0.25, -0.2) is 4.79 Å². The summed E-state index contributed by atoms with van der Waals surface area (Å²) in [6, 6.07) is 14.6. The van der Waals surface area contributed by atoms with E-state index in [-0.39, 0.29) is 12.0 Å². The zero-order valence-electron chi connectivity index (χ0n) is 19.1. The van der Waals surface area contributed by atoms with Crippen molar-refractivity contribution < 1.29 is 14.4 Å². The van der Waals surface area contributed by atoms with Crippen LogP contribution in [-0.2, 0) is 20.5 Å². The van der Waals surface area contributed by atoms with Crippen molar-refractivity contribution >= 4 is 23.5 Å². The smallest absolute Gasteiger partial charge is 0.325 e. The van der Waals surface area contributed by atoms with Gasteiger partial charge < -0.3 is 10.6 Å². The second-order valence-corrected chi connectivity index (χ2v) is 9.60. The fraction of sp³-hybridized carbons (Fsp3) is 0.400. The molecule has 3 rings (SSSR count). The lowest BCUT2D eigenvalue weighted by Crippen LogP contribution is -2.42. The van der Waals surface area contributed by atoms with E-state index in [0.29, 0.717) is 17.2 Å². The Labute approximate surface area is 184 Å². The molecule has 0 saturated carbocycles. The highest BCUT2D eigenvalue weighted by Crippen LogP contribution is 2.31. The first-order chi connectivity index (χ1) is 14.4. The Morgan fingerprint density at radius 2 is 1.61 bits per heavy atom. The third-order valence-corrected chi connectivity index (χ3v) is 5.77. The quantitative estimate of drug-likeness (QED) is 0.697. The summed E-state index contributed by atoms with van der Waals surface area (Å²) in [5, 5.41) is 5.51. The number of rotatable bonds is 5. The molecule has 164 valence electrons. The van der Waals surface area contributed by atoms with E-state index in [4.69, 9.17) is 0 Å². The minimum atomic E-state index is -1.20. The molecule has 1 fully saturated rings. The number of amides is 4. The average Bonchev–Trinajstić information content (AvgIpc) is 2.92. The van der Waals surface area contributed by atoms with Gasteiger partial charge in [-0.2, -0.15) is 0 Å². The molecule has 1 aliphatic heterocycles. The summed E-state index contributed by atoms with van der Waals surface area (Å²) in [5.74, 6) is -0.467. The van der Waals surface area contributed by atoms with Gasteiger partial charge in [0.25, 0.3) is 5.91 Å². The van der Waals surface area contributed by atoms with E-state index in [0.717, 1.165) is 10.5 Å². The number of hydrogen-bond donors (Lipinski definition) is 2. The van der Waals surface area contributed by atoms with E-state index in [9.17, 15) is 14.4 Å². The zero-order valence-corrected chi connectivity index (χ0v) is 19.1. The van der Waals surface area contributed by atoms with E-state index in [1.807, 2.05) is 48.5 Å². The van der Waals surface area contributed by atoms with Crippen LogP contribution >= 0.6 is 0 Å². The molecular formula is C25H31N3O3. The topological polar surface area (TPSA) is 78.5 Å². The molecule has 2 aromatic rings. The molecule has 31 heavy (non-hydrogen) atoms. The van der Waals surface area contributed by atoms with Crippen LogP contribution in [0.3, 0.4) is 0 Å². The van der Waals surface area contributed by atoms with Gasteiger partial charge in [0.2, 0.25) is 5.91 Å². The maximum atomic E-state index is 13.1. The zero-order chi connectivity index (χ0) is 23.0. The molecule has 1 heterocycles. The summed E-state index contributed by atoms with van der Waals surface area (Å²) < 4.78 is 0. The van der Waals surface area contributed by atoms with E-state index in [1.165, 1.54) is 5.56 Å². The lowest BCUT2D eigenvalue weighted by molar-refractivity contribution is -0.133. The Hall–Kier alpha value is -3.15. The highest BCUT2D eigenvalue weighted by molar-refractivity contribution is 6.10. The van der Waals surface area contributed by atoms with Crippen LogP contribution < -0.4 is 10.6 Å². The Kier molecular flexibility index (Phi) is 5.94. The van der Waals surface area contributed by atoms with Crippen LogP contribution in [-0.4, -0.2) is 29.3 Å². The Bertz CT molecular complexity index is 988. The molecule has 6 nitrogen and oxygen atoms in total. The van der Waals surface area contributed by atoms with Crippen LogP contribution in [0, 0.1) is 0 Å². The minimum Gasteiger partial charge on any atom is -0.325 e. The normalized spacial score (nSPS) is 19.0. The second-order valence-electron chi connectivity index (χ2n) is 9.60. The highest BCUT2D eigenvalue weighted by Gasteiger charge is 2.49. The predicted molar refractivity (Wildman–Crippen MR) is 122 cm³/mol. The molecule has 0 unspecified atom stereocenters. The lowest BCUT2D eigenvalue weighted by atomic mass is 9.84. The Balaban J connectivity index is 1.71. The van der Waals surface area contributed by atoms with Gasteiger partial charge in [0.15, 0.2) is 0 Å². The average molecular weight is 422 g/mol. The van der Waals surface area contributed by atoms with Crippen LogP contribution in [0.4, 0.5) is 10.5 Å². The Morgan fingerprint density at radius 1 is 1.03 bits per heavy atom. The van der Waals surface area contributed by atoms with Gasteiger partial charge in [-0.1, -0.05) is 71.0 Å². The molecule has 1 saturated heterocycles. The van der Waals surface area contributed by atoms with Crippen LogP contribution in [0.5, 0.6) is 0 Å².